The topological polar surface area (TPSA) is 80.1 Å². The summed E-state index contributed by atoms with van der Waals surface area (Å²) in [4.78, 5) is 3.89. The first kappa shape index (κ1) is 15.9. The van der Waals surface area contributed by atoms with Gasteiger partial charge in [0, 0.05) is 31.5 Å². The van der Waals surface area contributed by atoms with Crippen LogP contribution in [0, 0.1) is 11.7 Å². The molecule has 0 saturated carbocycles. The highest BCUT2D eigenvalue weighted by molar-refractivity contribution is 7.90. The van der Waals surface area contributed by atoms with Crippen LogP contribution in [0.25, 0.3) is 5.82 Å². The smallest absolute Gasteiger partial charge is 0.253 e. The first-order chi connectivity index (χ1) is 11.0. The number of rotatable bonds is 4. The first-order valence-electron chi connectivity index (χ1n) is 7.40. The molecule has 9 heteroatoms. The van der Waals surface area contributed by atoms with Gasteiger partial charge in [0.25, 0.3) is 0 Å². The van der Waals surface area contributed by atoms with E-state index < -0.39 is 16.0 Å². The molecule has 3 heterocycles. The highest BCUT2D eigenvalue weighted by Crippen LogP contribution is 2.20. The van der Waals surface area contributed by atoms with Crippen LogP contribution in [-0.2, 0) is 10.2 Å². The molecule has 2 aromatic rings. The molecule has 1 aliphatic heterocycles. The summed E-state index contributed by atoms with van der Waals surface area (Å²) in [5.41, 5.74) is 0. The molecule has 7 nitrogen and oxygen atoms in total. The lowest BCUT2D eigenvalue weighted by atomic mass is 10.0. The van der Waals surface area contributed by atoms with Gasteiger partial charge in [-0.05, 0) is 30.9 Å². The van der Waals surface area contributed by atoms with Crippen molar-refractivity contribution in [3.8, 4) is 5.82 Å². The van der Waals surface area contributed by atoms with Gasteiger partial charge in [0.15, 0.2) is 17.5 Å². The lowest BCUT2D eigenvalue weighted by Gasteiger charge is -2.29. The second kappa shape index (κ2) is 6.25. The van der Waals surface area contributed by atoms with Gasteiger partial charge in [-0.25, -0.2) is 14.1 Å². The molecule has 0 amide bonds. The molecule has 0 aromatic carbocycles. The molecule has 1 N–H and O–H groups in total. The van der Waals surface area contributed by atoms with Crippen LogP contribution < -0.4 is 4.72 Å². The Labute approximate surface area is 134 Å². The fourth-order valence-corrected chi connectivity index (χ4v) is 3.66. The van der Waals surface area contributed by atoms with Crippen LogP contribution in [-0.4, -0.2) is 40.6 Å². The fourth-order valence-electron chi connectivity index (χ4n) is 2.46. The predicted octanol–water partition coefficient (Wildman–Crippen LogP) is 1.79. The SMILES string of the molecule is CC1CCN(S(=O)(=O)Nc2ccn(-c3ncccc3F)n2)CC1. The van der Waals surface area contributed by atoms with Crippen LogP contribution in [0.4, 0.5) is 10.2 Å². The molecular formula is C14H18FN5O2S. The minimum Gasteiger partial charge on any atom is -0.253 e. The average Bonchev–Trinajstić information content (AvgIpc) is 2.95. The maximum Gasteiger partial charge on any atom is 0.302 e. The van der Waals surface area contributed by atoms with E-state index in [2.05, 4.69) is 21.7 Å². The number of nitrogens with one attached hydrogen (secondary N) is 1. The number of nitrogens with zero attached hydrogens (tertiary/aromatic N) is 4. The Morgan fingerprint density at radius 3 is 2.74 bits per heavy atom. The maximum atomic E-state index is 13.7. The van der Waals surface area contributed by atoms with Gasteiger partial charge in [0.05, 0.1) is 0 Å². The van der Waals surface area contributed by atoms with E-state index in [4.69, 9.17) is 0 Å². The molecule has 124 valence electrons. The lowest BCUT2D eigenvalue weighted by Crippen LogP contribution is -2.41. The summed E-state index contributed by atoms with van der Waals surface area (Å²) in [5, 5.41) is 4.03. The largest absolute Gasteiger partial charge is 0.302 e. The van der Waals surface area contributed by atoms with Crippen molar-refractivity contribution in [2.75, 3.05) is 17.8 Å². The van der Waals surface area contributed by atoms with Crippen molar-refractivity contribution in [2.45, 2.75) is 19.8 Å². The Bertz CT molecular complexity index is 784. The fraction of sp³-hybridized carbons (Fsp3) is 0.429. The van der Waals surface area contributed by atoms with Crippen LogP contribution in [0.3, 0.4) is 0 Å². The van der Waals surface area contributed by atoms with Crippen molar-refractivity contribution in [3.63, 3.8) is 0 Å². The van der Waals surface area contributed by atoms with Crippen LogP contribution in [0.15, 0.2) is 30.6 Å². The highest BCUT2D eigenvalue weighted by atomic mass is 32.2. The van der Waals surface area contributed by atoms with E-state index in [1.807, 2.05) is 0 Å². The summed E-state index contributed by atoms with van der Waals surface area (Å²) in [6.07, 6.45) is 4.59. The second-order valence-electron chi connectivity index (χ2n) is 5.64. The number of anilines is 1. The molecule has 0 unspecified atom stereocenters. The molecule has 2 aromatic heterocycles. The molecule has 1 fully saturated rings. The monoisotopic (exact) mass is 339 g/mol. The van der Waals surface area contributed by atoms with Gasteiger partial charge in [0.2, 0.25) is 0 Å². The normalized spacial score (nSPS) is 17.3. The molecule has 1 saturated heterocycles. The van der Waals surface area contributed by atoms with E-state index in [1.165, 1.54) is 39.6 Å². The molecule has 0 atom stereocenters. The Kier molecular flexibility index (Phi) is 4.31. The van der Waals surface area contributed by atoms with Crippen molar-refractivity contribution >= 4 is 16.0 Å². The number of hydrogen-bond acceptors (Lipinski definition) is 4. The Morgan fingerprint density at radius 1 is 1.30 bits per heavy atom. The van der Waals surface area contributed by atoms with E-state index in [0.29, 0.717) is 19.0 Å². The third-order valence-corrected chi connectivity index (χ3v) is 5.37. The summed E-state index contributed by atoms with van der Waals surface area (Å²) in [6.45, 7) is 3.10. The predicted molar refractivity (Wildman–Crippen MR) is 83.8 cm³/mol. The zero-order chi connectivity index (χ0) is 16.4. The molecule has 0 spiro atoms. The second-order valence-corrected chi connectivity index (χ2v) is 7.31. The van der Waals surface area contributed by atoms with Gasteiger partial charge >= 0.3 is 10.2 Å². The highest BCUT2D eigenvalue weighted by Gasteiger charge is 2.27. The van der Waals surface area contributed by atoms with Gasteiger partial charge < -0.3 is 0 Å². The van der Waals surface area contributed by atoms with E-state index in [0.717, 1.165) is 12.8 Å². The van der Waals surface area contributed by atoms with Crippen LogP contribution >= 0.6 is 0 Å². The number of halogens is 1. The molecule has 23 heavy (non-hydrogen) atoms. The summed E-state index contributed by atoms with van der Waals surface area (Å²) < 4.78 is 43.4. The van der Waals surface area contributed by atoms with E-state index >= 15 is 0 Å². The van der Waals surface area contributed by atoms with Crippen molar-refractivity contribution in [1.29, 1.82) is 0 Å². The Morgan fingerprint density at radius 2 is 2.04 bits per heavy atom. The lowest BCUT2D eigenvalue weighted by molar-refractivity contribution is 0.289. The van der Waals surface area contributed by atoms with Gasteiger partial charge in [-0.3, -0.25) is 4.72 Å². The number of piperidine rings is 1. The van der Waals surface area contributed by atoms with Gasteiger partial charge in [-0.2, -0.15) is 12.7 Å². The Hall–Kier alpha value is -2.00. The minimum absolute atomic E-state index is 0.0183. The quantitative estimate of drug-likeness (QED) is 0.921. The summed E-state index contributed by atoms with van der Waals surface area (Å²) in [5.74, 6) is 0.154. The first-order valence-corrected chi connectivity index (χ1v) is 8.84. The standard InChI is InChI=1S/C14H18FN5O2S/c1-11-4-8-19(9-5-11)23(21,22)18-13-6-10-20(17-13)14-12(15)3-2-7-16-14/h2-3,6-7,10-11H,4-5,8-9H2,1H3,(H,17,18). The zero-order valence-electron chi connectivity index (χ0n) is 12.7. The minimum atomic E-state index is -3.65. The maximum absolute atomic E-state index is 13.7. The third kappa shape index (κ3) is 3.50. The molecule has 3 rings (SSSR count). The summed E-state index contributed by atoms with van der Waals surface area (Å²) >= 11 is 0. The van der Waals surface area contributed by atoms with E-state index in [-0.39, 0.29) is 11.6 Å². The number of hydrogen-bond donors (Lipinski definition) is 1. The van der Waals surface area contributed by atoms with E-state index in [9.17, 15) is 12.8 Å². The van der Waals surface area contributed by atoms with Crippen molar-refractivity contribution in [1.82, 2.24) is 19.1 Å². The molecular weight excluding hydrogens is 321 g/mol. The van der Waals surface area contributed by atoms with Crippen molar-refractivity contribution < 1.29 is 12.8 Å². The number of pyridine rings is 1. The summed E-state index contributed by atoms with van der Waals surface area (Å²) in [6, 6.07) is 4.21. The van der Waals surface area contributed by atoms with Crippen LogP contribution in [0.1, 0.15) is 19.8 Å². The van der Waals surface area contributed by atoms with Gasteiger partial charge in [-0.15, -0.1) is 5.10 Å². The van der Waals surface area contributed by atoms with Gasteiger partial charge in [0.1, 0.15) is 0 Å². The van der Waals surface area contributed by atoms with Crippen molar-refractivity contribution in [3.05, 3.63) is 36.4 Å². The zero-order valence-corrected chi connectivity index (χ0v) is 13.5. The molecule has 1 aliphatic rings. The van der Waals surface area contributed by atoms with E-state index in [1.54, 1.807) is 0 Å². The Balaban J connectivity index is 1.75. The molecule has 0 radical (unpaired) electrons. The molecule has 0 aliphatic carbocycles. The number of aromatic nitrogens is 3. The van der Waals surface area contributed by atoms with Gasteiger partial charge in [-0.1, -0.05) is 6.92 Å². The van der Waals surface area contributed by atoms with Crippen LogP contribution in [0.5, 0.6) is 0 Å². The van der Waals surface area contributed by atoms with Crippen LogP contribution in [0.2, 0.25) is 0 Å². The molecule has 0 bridgehead atoms. The summed E-state index contributed by atoms with van der Waals surface area (Å²) in [7, 11) is -3.65. The third-order valence-electron chi connectivity index (χ3n) is 3.86. The van der Waals surface area contributed by atoms with Crippen molar-refractivity contribution in [2.24, 2.45) is 5.92 Å². The average molecular weight is 339 g/mol.